The number of ether oxygens (including phenoxy) is 1. The Morgan fingerprint density at radius 3 is 2.66 bits per heavy atom. The van der Waals surface area contributed by atoms with E-state index in [9.17, 15) is 22.8 Å². The van der Waals surface area contributed by atoms with Crippen LogP contribution in [0.3, 0.4) is 0 Å². The van der Waals surface area contributed by atoms with Gasteiger partial charge in [-0.3, -0.25) is 19.5 Å². The summed E-state index contributed by atoms with van der Waals surface area (Å²) in [5.41, 5.74) is -0.548. The van der Waals surface area contributed by atoms with Crippen molar-refractivity contribution in [2.24, 2.45) is 0 Å². The van der Waals surface area contributed by atoms with Gasteiger partial charge in [-0.25, -0.2) is 0 Å². The number of nitrogens with one attached hydrogen (secondary N) is 1. The number of halogens is 4. The van der Waals surface area contributed by atoms with Crippen LogP contribution in [0.4, 0.5) is 18.9 Å². The second-order valence-corrected chi connectivity index (χ2v) is 10.2. The van der Waals surface area contributed by atoms with Crippen molar-refractivity contribution in [3.63, 3.8) is 0 Å². The number of anilines is 1. The van der Waals surface area contributed by atoms with Crippen LogP contribution in [0.2, 0.25) is 5.02 Å². The number of carbonyl (C=O) groups is 2. The van der Waals surface area contributed by atoms with Crippen molar-refractivity contribution in [3.8, 4) is 0 Å². The lowest BCUT2D eigenvalue weighted by Crippen LogP contribution is -2.52. The number of pyridine rings is 1. The van der Waals surface area contributed by atoms with Gasteiger partial charge in [0.2, 0.25) is 5.72 Å². The fourth-order valence-electron chi connectivity index (χ4n) is 4.31. The van der Waals surface area contributed by atoms with Crippen molar-refractivity contribution in [2.75, 3.05) is 24.2 Å². The third-order valence-corrected chi connectivity index (χ3v) is 7.25. The van der Waals surface area contributed by atoms with E-state index in [1.54, 1.807) is 24.4 Å². The largest absolute Gasteiger partial charge is 0.434 e. The van der Waals surface area contributed by atoms with E-state index in [2.05, 4.69) is 10.3 Å². The van der Waals surface area contributed by atoms with Crippen molar-refractivity contribution in [2.45, 2.75) is 36.6 Å². The van der Waals surface area contributed by atoms with Crippen LogP contribution in [0.1, 0.15) is 19.8 Å². The maximum absolute atomic E-state index is 13.3. The highest BCUT2D eigenvalue weighted by atomic mass is 35.5. The molecule has 6 nitrogen and oxygen atoms in total. The van der Waals surface area contributed by atoms with Gasteiger partial charge in [0.05, 0.1) is 17.7 Å². The maximum Gasteiger partial charge on any atom is 0.393 e. The average Bonchev–Trinajstić information content (AvgIpc) is 3.09. The molecule has 11 heteroatoms. The molecule has 0 aliphatic carbocycles. The molecule has 0 spiro atoms. The molecule has 38 heavy (non-hydrogen) atoms. The zero-order valence-electron chi connectivity index (χ0n) is 20.4. The summed E-state index contributed by atoms with van der Waals surface area (Å²) in [5.74, 6) is -1.44. The molecule has 1 unspecified atom stereocenters. The Bertz CT molecular complexity index is 1350. The quantitative estimate of drug-likeness (QED) is 0.173. The standard InChI is InChI=1S/C27H25ClF3N3O3S/c1-18(35)37-26(17-38-21-6-3-2-4-7-21)15-19(16-27(29,30)31)25(36)34(26)13-5-11-32-23-10-12-33-24-14-20(28)8-9-22(23)24/h2-4,6-10,12,14-15H,5,11,13,16-17H2,1H3,(H,32,33). The minimum atomic E-state index is -4.58. The van der Waals surface area contributed by atoms with E-state index in [1.807, 2.05) is 36.4 Å². The third-order valence-electron chi connectivity index (χ3n) is 5.86. The molecule has 200 valence electrons. The van der Waals surface area contributed by atoms with E-state index in [1.165, 1.54) is 23.6 Å². The fourth-order valence-corrected chi connectivity index (χ4v) is 5.50. The van der Waals surface area contributed by atoms with Crippen LogP contribution in [0.5, 0.6) is 0 Å². The van der Waals surface area contributed by atoms with E-state index in [4.69, 9.17) is 16.3 Å². The number of thioether (sulfide) groups is 1. The first-order chi connectivity index (χ1) is 18.1. The molecule has 2 heterocycles. The van der Waals surface area contributed by atoms with E-state index in [0.29, 0.717) is 23.5 Å². The number of hydrogen-bond donors (Lipinski definition) is 1. The molecule has 0 fully saturated rings. The summed E-state index contributed by atoms with van der Waals surface area (Å²) in [5, 5.41) is 4.71. The van der Waals surface area contributed by atoms with Crippen molar-refractivity contribution in [1.82, 2.24) is 9.88 Å². The third kappa shape index (κ3) is 6.79. The number of carbonyl (C=O) groups excluding carboxylic acids is 2. The van der Waals surface area contributed by atoms with Gasteiger partial charge < -0.3 is 10.1 Å². The monoisotopic (exact) mass is 563 g/mol. The van der Waals surface area contributed by atoms with Crippen LogP contribution < -0.4 is 5.32 Å². The van der Waals surface area contributed by atoms with Gasteiger partial charge in [0, 0.05) is 52.8 Å². The predicted octanol–water partition coefficient (Wildman–Crippen LogP) is 6.46. The van der Waals surface area contributed by atoms with Gasteiger partial charge >= 0.3 is 12.1 Å². The van der Waals surface area contributed by atoms with Gasteiger partial charge in [-0.1, -0.05) is 29.8 Å². The summed E-state index contributed by atoms with van der Waals surface area (Å²) in [6, 6.07) is 16.3. The molecule has 1 aliphatic rings. The molecule has 3 aromatic rings. The number of fused-ring (bicyclic) bond motifs is 1. The van der Waals surface area contributed by atoms with E-state index in [-0.39, 0.29) is 12.3 Å². The molecule has 4 rings (SSSR count). The molecule has 0 radical (unpaired) electrons. The number of hydrogen-bond acceptors (Lipinski definition) is 6. The number of aromatic nitrogens is 1. The lowest BCUT2D eigenvalue weighted by Gasteiger charge is -2.36. The first kappa shape index (κ1) is 27.8. The number of rotatable bonds is 10. The molecule has 0 bridgehead atoms. The van der Waals surface area contributed by atoms with Crippen LogP contribution in [-0.2, 0) is 14.3 Å². The Morgan fingerprint density at radius 1 is 1.18 bits per heavy atom. The molecule has 1 atom stereocenters. The van der Waals surface area contributed by atoms with Gasteiger partial charge in [0.25, 0.3) is 5.91 Å². The lowest BCUT2D eigenvalue weighted by molar-refractivity contribution is -0.169. The van der Waals surface area contributed by atoms with Crippen molar-refractivity contribution < 1.29 is 27.5 Å². The summed E-state index contributed by atoms with van der Waals surface area (Å²) in [7, 11) is 0. The van der Waals surface area contributed by atoms with Crippen LogP contribution >= 0.6 is 23.4 Å². The number of alkyl halides is 3. The normalized spacial score (nSPS) is 17.6. The van der Waals surface area contributed by atoms with Crippen LogP contribution in [0, 0.1) is 0 Å². The minimum Gasteiger partial charge on any atom is -0.434 e. The minimum absolute atomic E-state index is 0.0485. The summed E-state index contributed by atoms with van der Waals surface area (Å²) in [6.45, 7) is 1.65. The second-order valence-electron chi connectivity index (χ2n) is 8.76. The molecule has 1 N–H and O–H groups in total. The second kappa shape index (κ2) is 11.7. The highest BCUT2D eigenvalue weighted by Gasteiger charge is 2.49. The van der Waals surface area contributed by atoms with E-state index < -0.39 is 35.8 Å². The molecular formula is C27H25ClF3N3O3S. The van der Waals surface area contributed by atoms with Gasteiger partial charge in [-0.2, -0.15) is 13.2 Å². The van der Waals surface area contributed by atoms with E-state index >= 15 is 0 Å². The zero-order valence-corrected chi connectivity index (χ0v) is 22.0. The Kier molecular flexibility index (Phi) is 8.52. The molecule has 0 saturated carbocycles. The molecule has 2 aromatic carbocycles. The Hall–Kier alpha value is -3.24. The SMILES string of the molecule is CC(=O)OC1(CSc2ccccc2)C=C(CC(F)(F)F)C(=O)N1CCCNc1ccnc2cc(Cl)ccc12. The number of benzene rings is 2. The van der Waals surface area contributed by atoms with Crippen molar-refractivity contribution >= 4 is 51.8 Å². The number of esters is 1. The highest BCUT2D eigenvalue weighted by Crippen LogP contribution is 2.39. The maximum atomic E-state index is 13.3. The smallest absolute Gasteiger partial charge is 0.393 e. The lowest BCUT2D eigenvalue weighted by atomic mass is 10.1. The van der Waals surface area contributed by atoms with Gasteiger partial charge in [0.1, 0.15) is 0 Å². The average molecular weight is 564 g/mol. The molecule has 1 aromatic heterocycles. The van der Waals surface area contributed by atoms with Gasteiger partial charge in [-0.15, -0.1) is 11.8 Å². The molecule has 0 saturated heterocycles. The van der Waals surface area contributed by atoms with Gasteiger partial charge in [-0.05, 0) is 48.9 Å². The van der Waals surface area contributed by atoms with E-state index in [0.717, 1.165) is 22.0 Å². The molecule has 1 amide bonds. The summed E-state index contributed by atoms with van der Waals surface area (Å²) in [6.07, 6.45) is -2.79. The summed E-state index contributed by atoms with van der Waals surface area (Å²) < 4.78 is 45.4. The van der Waals surface area contributed by atoms with Crippen LogP contribution in [0.15, 0.2) is 77.3 Å². The number of nitrogens with zero attached hydrogens (tertiary/aromatic N) is 2. The van der Waals surface area contributed by atoms with Crippen LogP contribution in [-0.4, -0.2) is 52.5 Å². The zero-order chi connectivity index (χ0) is 27.3. The topological polar surface area (TPSA) is 71.5 Å². The Balaban J connectivity index is 1.53. The van der Waals surface area contributed by atoms with Crippen molar-refractivity contribution in [1.29, 1.82) is 0 Å². The first-order valence-electron chi connectivity index (χ1n) is 11.8. The number of amides is 1. The summed E-state index contributed by atoms with van der Waals surface area (Å²) in [4.78, 5) is 31.6. The van der Waals surface area contributed by atoms with Crippen molar-refractivity contribution in [3.05, 3.63) is 77.5 Å². The molecular weight excluding hydrogens is 539 g/mol. The molecule has 1 aliphatic heterocycles. The first-order valence-corrected chi connectivity index (χ1v) is 13.2. The predicted molar refractivity (Wildman–Crippen MR) is 142 cm³/mol. The van der Waals surface area contributed by atoms with Crippen LogP contribution in [0.25, 0.3) is 10.9 Å². The Morgan fingerprint density at radius 2 is 1.95 bits per heavy atom. The fraction of sp³-hybridized carbons (Fsp3) is 0.296. The summed E-state index contributed by atoms with van der Waals surface area (Å²) >= 11 is 7.35. The van der Waals surface area contributed by atoms with Gasteiger partial charge in [0.15, 0.2) is 0 Å². The highest BCUT2D eigenvalue weighted by molar-refractivity contribution is 7.99. The Labute approximate surface area is 227 Å².